The van der Waals surface area contributed by atoms with Gasteiger partial charge in [-0.3, -0.25) is 0 Å². The molecule has 0 bridgehead atoms. The maximum absolute atomic E-state index is 5.52. The standard InChI is InChI=1S/C13H17N3/c1-11-12(6-5-9-14)10-15-16(11)13-7-3-2-4-8-13/h2-4,7-8,10H,5-6,9,14H2,1H3. The van der Waals surface area contributed by atoms with Gasteiger partial charge in [-0.15, -0.1) is 0 Å². The molecule has 1 heterocycles. The van der Waals surface area contributed by atoms with E-state index < -0.39 is 0 Å². The SMILES string of the molecule is Cc1c(CCCN)cnn1-c1ccccc1. The zero-order valence-corrected chi connectivity index (χ0v) is 9.56. The normalized spacial score (nSPS) is 10.6. The van der Waals surface area contributed by atoms with Crippen LogP contribution < -0.4 is 5.73 Å². The maximum Gasteiger partial charge on any atom is 0.0648 e. The summed E-state index contributed by atoms with van der Waals surface area (Å²) in [5, 5.41) is 4.41. The maximum atomic E-state index is 5.52. The highest BCUT2D eigenvalue weighted by Gasteiger charge is 2.06. The van der Waals surface area contributed by atoms with Gasteiger partial charge in [0.15, 0.2) is 0 Å². The highest BCUT2D eigenvalue weighted by Crippen LogP contribution is 2.14. The Morgan fingerprint density at radius 1 is 1.25 bits per heavy atom. The number of para-hydroxylation sites is 1. The van der Waals surface area contributed by atoms with Crippen LogP contribution in [0.1, 0.15) is 17.7 Å². The van der Waals surface area contributed by atoms with Crippen molar-refractivity contribution in [2.75, 3.05) is 6.54 Å². The van der Waals surface area contributed by atoms with Gasteiger partial charge >= 0.3 is 0 Å². The second-order valence-corrected chi connectivity index (χ2v) is 3.89. The van der Waals surface area contributed by atoms with Crippen LogP contribution in [-0.4, -0.2) is 16.3 Å². The zero-order valence-electron chi connectivity index (χ0n) is 9.56. The van der Waals surface area contributed by atoms with E-state index in [9.17, 15) is 0 Å². The van der Waals surface area contributed by atoms with Gasteiger partial charge in [0.25, 0.3) is 0 Å². The van der Waals surface area contributed by atoms with Crippen molar-refractivity contribution in [3.63, 3.8) is 0 Å². The van der Waals surface area contributed by atoms with Crippen LogP contribution in [0, 0.1) is 6.92 Å². The van der Waals surface area contributed by atoms with Gasteiger partial charge in [-0.05, 0) is 44.0 Å². The molecule has 0 fully saturated rings. The Labute approximate surface area is 95.9 Å². The third kappa shape index (κ3) is 2.14. The summed E-state index contributed by atoms with van der Waals surface area (Å²) >= 11 is 0. The van der Waals surface area contributed by atoms with Crippen LogP contribution in [0.15, 0.2) is 36.5 Å². The molecule has 0 unspecified atom stereocenters. The molecular formula is C13H17N3. The fourth-order valence-corrected chi connectivity index (χ4v) is 1.81. The fourth-order valence-electron chi connectivity index (χ4n) is 1.81. The van der Waals surface area contributed by atoms with Gasteiger partial charge in [-0.25, -0.2) is 4.68 Å². The van der Waals surface area contributed by atoms with E-state index >= 15 is 0 Å². The van der Waals surface area contributed by atoms with E-state index in [2.05, 4.69) is 24.2 Å². The minimum absolute atomic E-state index is 0.732. The van der Waals surface area contributed by atoms with Crippen molar-refractivity contribution in [1.82, 2.24) is 9.78 Å². The van der Waals surface area contributed by atoms with Crippen LogP contribution in [0.5, 0.6) is 0 Å². The molecule has 3 nitrogen and oxygen atoms in total. The lowest BCUT2D eigenvalue weighted by molar-refractivity contribution is 0.815. The Morgan fingerprint density at radius 3 is 2.69 bits per heavy atom. The molecule has 2 N–H and O–H groups in total. The van der Waals surface area contributed by atoms with Crippen molar-refractivity contribution < 1.29 is 0 Å². The van der Waals surface area contributed by atoms with Crippen molar-refractivity contribution >= 4 is 0 Å². The predicted molar refractivity (Wildman–Crippen MR) is 65.7 cm³/mol. The third-order valence-electron chi connectivity index (χ3n) is 2.76. The molecular weight excluding hydrogens is 198 g/mol. The van der Waals surface area contributed by atoms with E-state index in [0.717, 1.165) is 25.1 Å². The molecule has 0 aliphatic rings. The van der Waals surface area contributed by atoms with Gasteiger partial charge < -0.3 is 5.73 Å². The van der Waals surface area contributed by atoms with Gasteiger partial charge in [-0.1, -0.05) is 18.2 Å². The average Bonchev–Trinajstić information content (AvgIpc) is 2.69. The van der Waals surface area contributed by atoms with Crippen LogP contribution >= 0.6 is 0 Å². The Balaban J connectivity index is 2.27. The smallest absolute Gasteiger partial charge is 0.0648 e. The van der Waals surface area contributed by atoms with E-state index in [0.29, 0.717) is 0 Å². The molecule has 0 aliphatic carbocycles. The summed E-state index contributed by atoms with van der Waals surface area (Å²) in [5.74, 6) is 0. The minimum Gasteiger partial charge on any atom is -0.330 e. The molecule has 84 valence electrons. The molecule has 1 aromatic heterocycles. The summed E-state index contributed by atoms with van der Waals surface area (Å²) in [5.41, 5.74) is 9.12. The number of aryl methyl sites for hydroxylation is 1. The predicted octanol–water partition coefficient (Wildman–Crippen LogP) is 2.07. The summed E-state index contributed by atoms with van der Waals surface area (Å²) in [6.07, 6.45) is 3.97. The summed E-state index contributed by atoms with van der Waals surface area (Å²) in [6, 6.07) is 10.2. The quantitative estimate of drug-likeness (QED) is 0.848. The minimum atomic E-state index is 0.732. The first-order chi connectivity index (χ1) is 7.83. The Bertz CT molecular complexity index is 445. The largest absolute Gasteiger partial charge is 0.330 e. The highest BCUT2D eigenvalue weighted by molar-refractivity contribution is 5.34. The molecule has 0 radical (unpaired) electrons. The lowest BCUT2D eigenvalue weighted by atomic mass is 10.1. The molecule has 0 aliphatic heterocycles. The average molecular weight is 215 g/mol. The van der Waals surface area contributed by atoms with Crippen LogP contribution in [0.4, 0.5) is 0 Å². The molecule has 0 atom stereocenters. The van der Waals surface area contributed by atoms with E-state index in [1.54, 1.807) is 0 Å². The molecule has 0 saturated carbocycles. The monoisotopic (exact) mass is 215 g/mol. The molecule has 0 saturated heterocycles. The molecule has 0 amide bonds. The van der Waals surface area contributed by atoms with Crippen LogP contribution in [0.3, 0.4) is 0 Å². The molecule has 1 aromatic carbocycles. The summed E-state index contributed by atoms with van der Waals surface area (Å²) < 4.78 is 1.98. The van der Waals surface area contributed by atoms with Gasteiger partial charge in [-0.2, -0.15) is 5.10 Å². The Morgan fingerprint density at radius 2 is 2.00 bits per heavy atom. The number of hydrogen-bond donors (Lipinski definition) is 1. The fraction of sp³-hybridized carbons (Fsp3) is 0.308. The number of aromatic nitrogens is 2. The second kappa shape index (κ2) is 4.94. The second-order valence-electron chi connectivity index (χ2n) is 3.89. The number of nitrogens with two attached hydrogens (primary N) is 1. The lowest BCUT2D eigenvalue weighted by Gasteiger charge is -2.04. The van der Waals surface area contributed by atoms with Gasteiger partial charge in [0.05, 0.1) is 11.9 Å². The van der Waals surface area contributed by atoms with Crippen LogP contribution in [0.2, 0.25) is 0 Å². The van der Waals surface area contributed by atoms with E-state index in [1.165, 1.54) is 11.3 Å². The number of nitrogens with zero attached hydrogens (tertiary/aromatic N) is 2. The van der Waals surface area contributed by atoms with Crippen LogP contribution in [0.25, 0.3) is 5.69 Å². The van der Waals surface area contributed by atoms with E-state index in [4.69, 9.17) is 5.73 Å². The van der Waals surface area contributed by atoms with Gasteiger partial charge in [0, 0.05) is 5.69 Å². The number of benzene rings is 1. The van der Waals surface area contributed by atoms with Crippen LogP contribution in [-0.2, 0) is 6.42 Å². The first-order valence-corrected chi connectivity index (χ1v) is 5.62. The summed E-state index contributed by atoms with van der Waals surface area (Å²) in [6.45, 7) is 2.84. The zero-order chi connectivity index (χ0) is 11.4. The summed E-state index contributed by atoms with van der Waals surface area (Å²) in [7, 11) is 0. The molecule has 0 spiro atoms. The van der Waals surface area contributed by atoms with Crippen molar-refractivity contribution in [3.05, 3.63) is 47.8 Å². The van der Waals surface area contributed by atoms with Gasteiger partial charge in [0.1, 0.15) is 0 Å². The first kappa shape index (κ1) is 10.9. The van der Waals surface area contributed by atoms with Gasteiger partial charge in [0.2, 0.25) is 0 Å². The summed E-state index contributed by atoms with van der Waals surface area (Å²) in [4.78, 5) is 0. The third-order valence-corrected chi connectivity index (χ3v) is 2.76. The number of hydrogen-bond acceptors (Lipinski definition) is 2. The van der Waals surface area contributed by atoms with E-state index in [1.807, 2.05) is 29.1 Å². The molecule has 2 rings (SSSR count). The topological polar surface area (TPSA) is 43.8 Å². The lowest BCUT2D eigenvalue weighted by Crippen LogP contribution is -2.02. The Kier molecular flexibility index (Phi) is 3.37. The first-order valence-electron chi connectivity index (χ1n) is 5.62. The van der Waals surface area contributed by atoms with Crippen molar-refractivity contribution in [2.24, 2.45) is 5.73 Å². The van der Waals surface area contributed by atoms with Crippen molar-refractivity contribution in [1.29, 1.82) is 0 Å². The molecule has 3 heteroatoms. The van der Waals surface area contributed by atoms with Crippen molar-refractivity contribution in [3.8, 4) is 5.69 Å². The molecule has 2 aromatic rings. The molecule has 16 heavy (non-hydrogen) atoms. The van der Waals surface area contributed by atoms with E-state index in [-0.39, 0.29) is 0 Å². The highest BCUT2D eigenvalue weighted by atomic mass is 15.3. The van der Waals surface area contributed by atoms with Crippen molar-refractivity contribution in [2.45, 2.75) is 19.8 Å². The number of rotatable bonds is 4. The Hall–Kier alpha value is -1.61.